The Morgan fingerprint density at radius 2 is 2.00 bits per heavy atom. The summed E-state index contributed by atoms with van der Waals surface area (Å²) in [6, 6.07) is 0. The molecule has 2 N–H and O–H groups in total. The summed E-state index contributed by atoms with van der Waals surface area (Å²) in [6.07, 6.45) is 3.49. The van der Waals surface area contributed by atoms with Crippen LogP contribution in [0.15, 0.2) is 0 Å². The van der Waals surface area contributed by atoms with Crippen molar-refractivity contribution in [2.24, 2.45) is 0 Å². The predicted molar refractivity (Wildman–Crippen MR) is 60.3 cm³/mol. The average Bonchev–Trinajstić information content (AvgIpc) is 2.62. The highest BCUT2D eigenvalue weighted by Gasteiger charge is 2.51. The second-order valence-corrected chi connectivity index (χ2v) is 5.32. The van der Waals surface area contributed by atoms with E-state index in [4.69, 9.17) is 0 Å². The second-order valence-electron chi connectivity index (χ2n) is 5.32. The molecule has 0 bridgehead atoms. The molecule has 2 fully saturated rings. The van der Waals surface area contributed by atoms with Crippen LogP contribution in [-0.2, 0) is 9.53 Å². The van der Waals surface area contributed by atoms with E-state index in [1.165, 1.54) is 0 Å². The molecule has 1 unspecified atom stereocenters. The third-order valence-electron chi connectivity index (χ3n) is 3.87. The summed E-state index contributed by atoms with van der Waals surface area (Å²) in [4.78, 5) is 10.9. The van der Waals surface area contributed by atoms with Crippen LogP contribution in [0.4, 0.5) is 8.78 Å². The first kappa shape index (κ1) is 13.7. The van der Waals surface area contributed by atoms with Gasteiger partial charge in [-0.2, -0.15) is 8.78 Å². The molecule has 0 amide bonds. The lowest BCUT2D eigenvalue weighted by Gasteiger charge is -2.37. The Hall–Kier alpha value is -0.750. The van der Waals surface area contributed by atoms with Gasteiger partial charge in [0.05, 0.1) is 13.0 Å². The topological polar surface area (TPSA) is 58.6 Å². The number of nitrogens with one attached hydrogen (secondary N) is 1. The number of aliphatic hydroxyl groups is 1. The maximum absolute atomic E-state index is 13.0. The summed E-state index contributed by atoms with van der Waals surface area (Å²) in [7, 11) is 0. The molecule has 0 radical (unpaired) electrons. The Morgan fingerprint density at radius 1 is 1.33 bits per heavy atom. The molecule has 1 atom stereocenters. The second kappa shape index (κ2) is 5.09. The van der Waals surface area contributed by atoms with Gasteiger partial charge in [0.15, 0.2) is 0 Å². The summed E-state index contributed by atoms with van der Waals surface area (Å²) >= 11 is 0. The fourth-order valence-corrected chi connectivity index (χ4v) is 2.71. The summed E-state index contributed by atoms with van der Waals surface area (Å²) in [6.45, 7) is 0.173. The maximum atomic E-state index is 13.0. The Morgan fingerprint density at radius 3 is 2.50 bits per heavy atom. The third kappa shape index (κ3) is 2.80. The molecule has 104 valence electrons. The summed E-state index contributed by atoms with van der Waals surface area (Å²) in [5.74, 6) is -4.79. The van der Waals surface area contributed by atoms with Gasteiger partial charge in [-0.25, -0.2) is 4.79 Å². The van der Waals surface area contributed by atoms with Gasteiger partial charge in [-0.1, -0.05) is 19.3 Å². The van der Waals surface area contributed by atoms with E-state index in [1.54, 1.807) is 0 Å². The number of alkyl halides is 2. The molecule has 0 aromatic heterocycles. The number of cyclic esters (lactones) is 1. The van der Waals surface area contributed by atoms with Gasteiger partial charge in [0.25, 0.3) is 0 Å². The zero-order valence-electron chi connectivity index (χ0n) is 10.3. The smallest absolute Gasteiger partial charge is 0.377 e. The third-order valence-corrected chi connectivity index (χ3v) is 3.87. The molecule has 1 aliphatic carbocycles. The summed E-state index contributed by atoms with van der Waals surface area (Å²) in [5.41, 5.74) is -0.386. The Bertz CT molecular complexity index is 316. The van der Waals surface area contributed by atoms with Crippen molar-refractivity contribution in [2.75, 3.05) is 13.2 Å². The van der Waals surface area contributed by atoms with Gasteiger partial charge in [0.1, 0.15) is 6.10 Å². The zero-order chi connectivity index (χ0) is 13.2. The number of carbonyl (C=O) groups is 1. The van der Waals surface area contributed by atoms with Crippen LogP contribution in [0.3, 0.4) is 0 Å². The molecular weight excluding hydrogens is 244 g/mol. The van der Waals surface area contributed by atoms with E-state index in [1.807, 2.05) is 0 Å². The van der Waals surface area contributed by atoms with Crippen LogP contribution in [0, 0.1) is 0 Å². The number of aliphatic hydroxyl groups excluding tert-OH is 1. The molecule has 0 aromatic carbocycles. The molecule has 6 heteroatoms. The lowest BCUT2D eigenvalue weighted by Crippen LogP contribution is -2.52. The number of halogens is 2. The standard InChI is InChI=1S/C12H19F2NO3/c13-12(14)6-9(18-10(12)17)7-15-11(8-16)4-2-1-3-5-11/h9,15-16H,1-8H2. The number of rotatable bonds is 4. The molecule has 4 nitrogen and oxygen atoms in total. The van der Waals surface area contributed by atoms with Crippen LogP contribution < -0.4 is 5.32 Å². The van der Waals surface area contributed by atoms with Crippen LogP contribution in [0.1, 0.15) is 38.5 Å². The number of ether oxygens (including phenoxy) is 1. The number of carbonyl (C=O) groups excluding carboxylic acids is 1. The van der Waals surface area contributed by atoms with Gasteiger partial charge in [-0.15, -0.1) is 0 Å². The van der Waals surface area contributed by atoms with E-state index < -0.39 is 24.4 Å². The number of hydrogen-bond acceptors (Lipinski definition) is 4. The summed E-state index contributed by atoms with van der Waals surface area (Å²) in [5, 5.41) is 12.6. The van der Waals surface area contributed by atoms with E-state index in [2.05, 4.69) is 10.1 Å². The molecule has 1 saturated carbocycles. The van der Waals surface area contributed by atoms with Crippen LogP contribution >= 0.6 is 0 Å². The fourth-order valence-electron chi connectivity index (χ4n) is 2.71. The van der Waals surface area contributed by atoms with Crippen molar-refractivity contribution in [3.8, 4) is 0 Å². The minimum atomic E-state index is -3.36. The van der Waals surface area contributed by atoms with Gasteiger partial charge < -0.3 is 15.2 Å². The van der Waals surface area contributed by atoms with Crippen molar-refractivity contribution in [2.45, 2.75) is 56.1 Å². The van der Waals surface area contributed by atoms with Gasteiger partial charge in [-0.3, -0.25) is 0 Å². The SMILES string of the molecule is O=C1OC(CNC2(CO)CCCCC2)CC1(F)F. The molecule has 1 saturated heterocycles. The van der Waals surface area contributed by atoms with Gasteiger partial charge in [-0.05, 0) is 12.8 Å². The minimum Gasteiger partial charge on any atom is -0.456 e. The van der Waals surface area contributed by atoms with E-state index in [0.29, 0.717) is 0 Å². The molecule has 0 spiro atoms. The molecule has 2 aliphatic rings. The molecule has 2 rings (SSSR count). The lowest BCUT2D eigenvalue weighted by molar-refractivity contribution is -0.159. The first-order valence-corrected chi connectivity index (χ1v) is 6.42. The highest BCUT2D eigenvalue weighted by Crippen LogP contribution is 2.32. The van der Waals surface area contributed by atoms with Crippen LogP contribution in [0.25, 0.3) is 0 Å². The summed E-state index contributed by atoms with van der Waals surface area (Å²) < 4.78 is 30.6. The fraction of sp³-hybridized carbons (Fsp3) is 0.917. The largest absolute Gasteiger partial charge is 0.456 e. The Balaban J connectivity index is 1.86. The Kier molecular flexibility index (Phi) is 3.87. The molecule has 1 aliphatic heterocycles. The molecule has 18 heavy (non-hydrogen) atoms. The molecule has 0 aromatic rings. The number of esters is 1. The van der Waals surface area contributed by atoms with E-state index in [0.717, 1.165) is 32.1 Å². The highest BCUT2D eigenvalue weighted by molar-refractivity contribution is 5.79. The van der Waals surface area contributed by atoms with Gasteiger partial charge in [0, 0.05) is 12.1 Å². The highest BCUT2D eigenvalue weighted by atomic mass is 19.3. The maximum Gasteiger partial charge on any atom is 0.377 e. The Labute approximate surface area is 105 Å². The predicted octanol–water partition coefficient (Wildman–Crippen LogP) is 1.22. The number of hydrogen-bond donors (Lipinski definition) is 2. The van der Waals surface area contributed by atoms with Crippen molar-refractivity contribution < 1.29 is 23.4 Å². The monoisotopic (exact) mass is 263 g/mol. The van der Waals surface area contributed by atoms with Crippen molar-refractivity contribution in [1.82, 2.24) is 5.32 Å². The van der Waals surface area contributed by atoms with Crippen LogP contribution in [0.2, 0.25) is 0 Å². The minimum absolute atomic E-state index is 0.00986. The first-order chi connectivity index (χ1) is 8.47. The van der Waals surface area contributed by atoms with E-state index in [9.17, 15) is 18.7 Å². The average molecular weight is 263 g/mol. The molecule has 1 heterocycles. The molecular formula is C12H19F2NO3. The first-order valence-electron chi connectivity index (χ1n) is 6.42. The van der Waals surface area contributed by atoms with Crippen molar-refractivity contribution in [1.29, 1.82) is 0 Å². The lowest BCUT2D eigenvalue weighted by atomic mass is 9.82. The van der Waals surface area contributed by atoms with Crippen molar-refractivity contribution in [3.63, 3.8) is 0 Å². The normalized spacial score (nSPS) is 30.2. The van der Waals surface area contributed by atoms with Crippen molar-refractivity contribution in [3.05, 3.63) is 0 Å². The van der Waals surface area contributed by atoms with Crippen LogP contribution in [0.5, 0.6) is 0 Å². The van der Waals surface area contributed by atoms with Gasteiger partial charge >= 0.3 is 11.9 Å². The van der Waals surface area contributed by atoms with Gasteiger partial charge in [0.2, 0.25) is 0 Å². The quantitative estimate of drug-likeness (QED) is 0.749. The van der Waals surface area contributed by atoms with E-state index in [-0.39, 0.29) is 18.7 Å². The van der Waals surface area contributed by atoms with Crippen LogP contribution in [-0.4, -0.2) is 41.8 Å². The van der Waals surface area contributed by atoms with Crippen molar-refractivity contribution >= 4 is 5.97 Å². The zero-order valence-corrected chi connectivity index (χ0v) is 10.3. The van der Waals surface area contributed by atoms with E-state index >= 15 is 0 Å².